The summed E-state index contributed by atoms with van der Waals surface area (Å²) in [6.07, 6.45) is 2.88. The number of carbonyl (C=O) groups is 1. The second-order valence-corrected chi connectivity index (χ2v) is 5.91. The van der Waals surface area contributed by atoms with Crippen LogP contribution in [0.2, 0.25) is 0 Å². The third-order valence-corrected chi connectivity index (χ3v) is 4.47. The number of aromatic nitrogens is 1. The lowest BCUT2D eigenvalue weighted by Gasteiger charge is -2.23. The van der Waals surface area contributed by atoms with Crippen LogP contribution < -0.4 is 5.32 Å². The Morgan fingerprint density at radius 3 is 2.68 bits per heavy atom. The smallest absolute Gasteiger partial charge is 0.251 e. The van der Waals surface area contributed by atoms with Crippen LogP contribution in [0.4, 0.5) is 0 Å². The van der Waals surface area contributed by atoms with Crippen LogP contribution in [0, 0.1) is 0 Å². The Morgan fingerprint density at radius 2 is 1.82 bits per heavy atom. The minimum Gasteiger partial charge on any atom is -0.358 e. The van der Waals surface area contributed by atoms with Crippen LogP contribution in [0.3, 0.4) is 0 Å². The van der Waals surface area contributed by atoms with Crippen LogP contribution in [0.15, 0.2) is 54.6 Å². The van der Waals surface area contributed by atoms with Crippen molar-refractivity contribution < 1.29 is 4.79 Å². The van der Waals surface area contributed by atoms with Crippen molar-refractivity contribution in [1.82, 2.24) is 10.3 Å². The van der Waals surface area contributed by atoms with E-state index < -0.39 is 0 Å². The Labute approximate surface area is 129 Å². The van der Waals surface area contributed by atoms with E-state index in [2.05, 4.69) is 34.6 Å². The average molecular weight is 290 g/mol. The van der Waals surface area contributed by atoms with Gasteiger partial charge in [0, 0.05) is 28.2 Å². The molecule has 1 aromatic heterocycles. The standard InChI is InChI=1S/C19H18N2O/c22-19(13-6-2-1-3-7-13)20-14-10-11-18-16(12-14)15-8-4-5-9-17(15)21-18/h1-9,14,21H,10-12H2,(H,20,22). The molecule has 22 heavy (non-hydrogen) atoms. The summed E-state index contributed by atoms with van der Waals surface area (Å²) >= 11 is 0. The molecule has 0 aliphatic heterocycles. The van der Waals surface area contributed by atoms with E-state index in [-0.39, 0.29) is 11.9 Å². The molecule has 4 rings (SSSR count). The lowest BCUT2D eigenvalue weighted by molar-refractivity contribution is 0.0933. The van der Waals surface area contributed by atoms with Crippen molar-refractivity contribution in [3.63, 3.8) is 0 Å². The third-order valence-electron chi connectivity index (χ3n) is 4.47. The highest BCUT2D eigenvalue weighted by atomic mass is 16.1. The lowest BCUT2D eigenvalue weighted by atomic mass is 9.91. The first-order valence-corrected chi connectivity index (χ1v) is 7.75. The number of nitrogens with one attached hydrogen (secondary N) is 2. The van der Waals surface area contributed by atoms with Crippen molar-refractivity contribution in [2.24, 2.45) is 0 Å². The molecule has 3 heteroatoms. The molecule has 0 spiro atoms. The van der Waals surface area contributed by atoms with E-state index in [0.717, 1.165) is 24.8 Å². The van der Waals surface area contributed by atoms with Gasteiger partial charge in [-0.2, -0.15) is 0 Å². The molecule has 1 unspecified atom stereocenters. The van der Waals surface area contributed by atoms with Crippen molar-refractivity contribution in [2.45, 2.75) is 25.3 Å². The van der Waals surface area contributed by atoms with Gasteiger partial charge >= 0.3 is 0 Å². The van der Waals surface area contributed by atoms with Crippen molar-refractivity contribution in [3.8, 4) is 0 Å². The summed E-state index contributed by atoms with van der Waals surface area (Å²) in [4.78, 5) is 15.8. The number of amides is 1. The molecule has 0 saturated carbocycles. The number of hydrogen-bond donors (Lipinski definition) is 2. The lowest BCUT2D eigenvalue weighted by Crippen LogP contribution is -2.38. The minimum atomic E-state index is 0.0221. The highest BCUT2D eigenvalue weighted by Gasteiger charge is 2.23. The predicted molar refractivity (Wildman–Crippen MR) is 88.0 cm³/mol. The van der Waals surface area contributed by atoms with Crippen LogP contribution in [0.25, 0.3) is 10.9 Å². The van der Waals surface area contributed by atoms with Gasteiger partial charge in [-0.1, -0.05) is 36.4 Å². The van der Waals surface area contributed by atoms with Crippen molar-refractivity contribution >= 4 is 16.8 Å². The number of aromatic amines is 1. The average Bonchev–Trinajstić information content (AvgIpc) is 2.94. The molecule has 0 fully saturated rings. The maximum absolute atomic E-state index is 12.3. The number of aryl methyl sites for hydroxylation is 1. The summed E-state index contributed by atoms with van der Waals surface area (Å²) in [7, 11) is 0. The maximum Gasteiger partial charge on any atom is 0.251 e. The van der Waals surface area contributed by atoms with E-state index in [9.17, 15) is 4.79 Å². The number of rotatable bonds is 2. The molecule has 0 radical (unpaired) electrons. The van der Waals surface area contributed by atoms with Gasteiger partial charge in [-0.15, -0.1) is 0 Å². The van der Waals surface area contributed by atoms with E-state index in [1.807, 2.05) is 30.3 Å². The summed E-state index contributed by atoms with van der Waals surface area (Å²) in [6.45, 7) is 0. The topological polar surface area (TPSA) is 44.9 Å². The SMILES string of the molecule is O=C(NC1CCc2[nH]c3ccccc3c2C1)c1ccccc1. The Hall–Kier alpha value is -2.55. The number of fused-ring (bicyclic) bond motifs is 3. The van der Waals surface area contributed by atoms with Gasteiger partial charge in [-0.3, -0.25) is 4.79 Å². The molecule has 1 aliphatic rings. The van der Waals surface area contributed by atoms with Crippen LogP contribution in [-0.4, -0.2) is 16.9 Å². The van der Waals surface area contributed by atoms with E-state index in [4.69, 9.17) is 0 Å². The number of hydrogen-bond acceptors (Lipinski definition) is 1. The first-order chi connectivity index (χ1) is 10.8. The van der Waals surface area contributed by atoms with E-state index in [1.54, 1.807) is 0 Å². The van der Waals surface area contributed by atoms with Crippen molar-refractivity contribution in [2.75, 3.05) is 0 Å². The van der Waals surface area contributed by atoms with Crippen LogP contribution in [-0.2, 0) is 12.8 Å². The van der Waals surface area contributed by atoms with Crippen molar-refractivity contribution in [1.29, 1.82) is 0 Å². The van der Waals surface area contributed by atoms with Gasteiger partial charge in [0.15, 0.2) is 0 Å². The summed E-state index contributed by atoms with van der Waals surface area (Å²) in [5, 5.41) is 4.47. The molecule has 1 heterocycles. The summed E-state index contributed by atoms with van der Waals surface area (Å²) in [6, 6.07) is 18.0. The molecule has 0 saturated heterocycles. The minimum absolute atomic E-state index is 0.0221. The maximum atomic E-state index is 12.3. The zero-order valence-corrected chi connectivity index (χ0v) is 12.3. The van der Waals surface area contributed by atoms with Crippen LogP contribution in [0.1, 0.15) is 28.0 Å². The Balaban J connectivity index is 1.56. The van der Waals surface area contributed by atoms with E-state index in [1.165, 1.54) is 22.2 Å². The first kappa shape index (κ1) is 13.1. The quantitative estimate of drug-likeness (QED) is 0.746. The molecule has 0 bridgehead atoms. The predicted octanol–water partition coefficient (Wildman–Crippen LogP) is 3.46. The van der Waals surface area contributed by atoms with Crippen LogP contribution in [0.5, 0.6) is 0 Å². The molecule has 1 amide bonds. The van der Waals surface area contributed by atoms with Gasteiger partial charge in [-0.05, 0) is 43.0 Å². The van der Waals surface area contributed by atoms with Gasteiger partial charge < -0.3 is 10.3 Å². The monoisotopic (exact) mass is 290 g/mol. The third kappa shape index (κ3) is 2.29. The van der Waals surface area contributed by atoms with Gasteiger partial charge in [0.1, 0.15) is 0 Å². The summed E-state index contributed by atoms with van der Waals surface area (Å²) in [5.74, 6) is 0.0221. The Morgan fingerprint density at radius 1 is 1.05 bits per heavy atom. The fraction of sp³-hybridized carbons (Fsp3) is 0.211. The highest BCUT2D eigenvalue weighted by molar-refractivity contribution is 5.94. The highest BCUT2D eigenvalue weighted by Crippen LogP contribution is 2.29. The van der Waals surface area contributed by atoms with E-state index >= 15 is 0 Å². The molecule has 3 nitrogen and oxygen atoms in total. The Bertz CT molecular complexity index is 820. The fourth-order valence-corrected chi connectivity index (χ4v) is 3.35. The van der Waals surface area contributed by atoms with Crippen molar-refractivity contribution in [3.05, 3.63) is 71.4 Å². The second-order valence-electron chi connectivity index (χ2n) is 5.91. The number of carbonyl (C=O) groups excluding carboxylic acids is 1. The molecule has 3 aromatic rings. The van der Waals surface area contributed by atoms with Crippen LogP contribution >= 0.6 is 0 Å². The zero-order valence-electron chi connectivity index (χ0n) is 12.3. The molecule has 1 atom stereocenters. The van der Waals surface area contributed by atoms with E-state index in [0.29, 0.717) is 0 Å². The zero-order chi connectivity index (χ0) is 14.9. The molecular weight excluding hydrogens is 272 g/mol. The molecule has 2 aromatic carbocycles. The van der Waals surface area contributed by atoms with Gasteiger partial charge in [-0.25, -0.2) is 0 Å². The fourth-order valence-electron chi connectivity index (χ4n) is 3.35. The summed E-state index contributed by atoms with van der Waals surface area (Å²) in [5.41, 5.74) is 4.61. The summed E-state index contributed by atoms with van der Waals surface area (Å²) < 4.78 is 0. The number of H-pyrrole nitrogens is 1. The Kier molecular flexibility index (Phi) is 3.19. The molecular formula is C19H18N2O. The van der Waals surface area contributed by atoms with Gasteiger partial charge in [0.05, 0.1) is 0 Å². The molecule has 1 aliphatic carbocycles. The number of benzene rings is 2. The molecule has 2 N–H and O–H groups in total. The molecule has 110 valence electrons. The number of para-hydroxylation sites is 1. The normalized spacial score (nSPS) is 17.2. The second kappa shape index (κ2) is 5.34. The van der Waals surface area contributed by atoms with Gasteiger partial charge in [0.2, 0.25) is 0 Å². The van der Waals surface area contributed by atoms with Gasteiger partial charge in [0.25, 0.3) is 5.91 Å². The largest absolute Gasteiger partial charge is 0.358 e. The first-order valence-electron chi connectivity index (χ1n) is 7.75.